The van der Waals surface area contributed by atoms with E-state index in [2.05, 4.69) is 20.6 Å². The zero-order valence-corrected chi connectivity index (χ0v) is 8.60. The average molecular weight is 205 g/mol. The molecule has 0 bridgehead atoms. The number of rotatable bonds is 3. The number of carbonyl (C=O) groups excluding carboxylic acids is 1. The van der Waals surface area contributed by atoms with E-state index in [9.17, 15) is 4.79 Å². The van der Waals surface area contributed by atoms with Gasteiger partial charge in [0.15, 0.2) is 0 Å². The number of hydrogen-bond acceptors (Lipinski definition) is 5. The molecular formula is C10H11N3O2. The number of terminal acetylenes is 1. The van der Waals surface area contributed by atoms with Crippen molar-refractivity contribution in [3.8, 4) is 12.3 Å². The second kappa shape index (κ2) is 4.96. The van der Waals surface area contributed by atoms with Gasteiger partial charge in [0.2, 0.25) is 0 Å². The molecule has 1 aromatic rings. The van der Waals surface area contributed by atoms with Gasteiger partial charge in [-0.2, -0.15) is 0 Å². The van der Waals surface area contributed by atoms with Crippen LogP contribution in [0, 0.1) is 12.3 Å². The number of methoxy groups -OCH3 is 1. The zero-order chi connectivity index (χ0) is 11.3. The van der Waals surface area contributed by atoms with E-state index in [1.807, 2.05) is 0 Å². The molecular weight excluding hydrogens is 194 g/mol. The van der Waals surface area contributed by atoms with Gasteiger partial charge in [-0.1, -0.05) is 5.92 Å². The molecule has 78 valence electrons. The number of anilines is 1. The topological polar surface area (TPSA) is 55.3 Å². The third-order valence-electron chi connectivity index (χ3n) is 1.79. The Morgan fingerprint density at radius 3 is 3.00 bits per heavy atom. The predicted octanol–water partition coefficient (Wildman–Crippen LogP) is 0.0671. The van der Waals surface area contributed by atoms with Crippen molar-refractivity contribution >= 4 is 11.8 Å². The highest BCUT2D eigenvalue weighted by Crippen LogP contribution is 2.07. The van der Waals surface area contributed by atoms with E-state index in [1.54, 1.807) is 18.0 Å². The Morgan fingerprint density at radius 1 is 1.67 bits per heavy atom. The van der Waals surface area contributed by atoms with Crippen LogP contribution in [-0.2, 0) is 9.53 Å². The second-order valence-electron chi connectivity index (χ2n) is 2.84. The quantitative estimate of drug-likeness (QED) is 0.516. The van der Waals surface area contributed by atoms with E-state index in [-0.39, 0.29) is 12.5 Å². The van der Waals surface area contributed by atoms with Gasteiger partial charge in [-0.15, -0.1) is 6.42 Å². The van der Waals surface area contributed by atoms with Gasteiger partial charge in [0, 0.05) is 13.1 Å². The Morgan fingerprint density at radius 2 is 2.40 bits per heavy atom. The van der Waals surface area contributed by atoms with Crippen molar-refractivity contribution in [3.63, 3.8) is 0 Å². The summed E-state index contributed by atoms with van der Waals surface area (Å²) in [6.45, 7) is 0.123. The summed E-state index contributed by atoms with van der Waals surface area (Å²) in [7, 11) is 3.06. The summed E-state index contributed by atoms with van der Waals surface area (Å²) in [4.78, 5) is 20.5. The molecule has 0 saturated heterocycles. The number of hydrogen-bond donors (Lipinski definition) is 0. The lowest BCUT2D eigenvalue weighted by Gasteiger charge is -2.15. The van der Waals surface area contributed by atoms with Crippen molar-refractivity contribution in [1.82, 2.24) is 9.97 Å². The van der Waals surface area contributed by atoms with Crippen LogP contribution in [0.3, 0.4) is 0 Å². The number of carbonyl (C=O) groups is 1. The molecule has 5 heteroatoms. The van der Waals surface area contributed by atoms with E-state index in [0.29, 0.717) is 11.5 Å². The molecule has 5 nitrogen and oxygen atoms in total. The maximum Gasteiger partial charge on any atom is 0.325 e. The fourth-order valence-corrected chi connectivity index (χ4v) is 0.974. The molecule has 0 aromatic carbocycles. The van der Waals surface area contributed by atoms with Crippen molar-refractivity contribution in [1.29, 1.82) is 0 Å². The minimum atomic E-state index is -0.335. The van der Waals surface area contributed by atoms with Gasteiger partial charge in [0.25, 0.3) is 0 Å². The first-order valence-electron chi connectivity index (χ1n) is 4.24. The first-order valence-corrected chi connectivity index (χ1v) is 4.24. The normalized spacial score (nSPS) is 9.13. The van der Waals surface area contributed by atoms with Gasteiger partial charge in [0.1, 0.15) is 24.4 Å². The van der Waals surface area contributed by atoms with Crippen LogP contribution < -0.4 is 4.90 Å². The summed E-state index contributed by atoms with van der Waals surface area (Å²) in [5.74, 6) is 2.65. The van der Waals surface area contributed by atoms with Crippen LogP contribution in [0.4, 0.5) is 5.82 Å². The van der Waals surface area contributed by atoms with Crippen LogP contribution in [0.5, 0.6) is 0 Å². The lowest BCUT2D eigenvalue weighted by Crippen LogP contribution is -2.27. The molecule has 0 aliphatic heterocycles. The standard InChI is InChI=1S/C10H11N3O2/c1-4-8-5-9(12-7-11-8)13(2)6-10(14)15-3/h1,5,7H,6H2,2-3H3. The molecule has 0 fully saturated rings. The molecule has 0 saturated carbocycles. The number of likely N-dealkylation sites (N-methyl/N-ethyl adjacent to an activating group) is 1. The molecule has 1 aromatic heterocycles. The molecule has 15 heavy (non-hydrogen) atoms. The molecule has 0 spiro atoms. The number of nitrogens with zero attached hydrogens (tertiary/aromatic N) is 3. The van der Waals surface area contributed by atoms with Crippen LogP contribution >= 0.6 is 0 Å². The molecule has 0 aliphatic carbocycles. The highest BCUT2D eigenvalue weighted by Gasteiger charge is 2.08. The Hall–Kier alpha value is -2.09. The Bertz CT molecular complexity index is 398. The monoisotopic (exact) mass is 205 g/mol. The fourth-order valence-electron chi connectivity index (χ4n) is 0.974. The number of esters is 1. The van der Waals surface area contributed by atoms with E-state index >= 15 is 0 Å². The minimum Gasteiger partial charge on any atom is -0.468 e. The molecule has 1 rings (SSSR count). The molecule has 0 N–H and O–H groups in total. The molecule has 0 amide bonds. The second-order valence-corrected chi connectivity index (χ2v) is 2.84. The van der Waals surface area contributed by atoms with E-state index in [0.717, 1.165) is 0 Å². The third-order valence-corrected chi connectivity index (χ3v) is 1.79. The summed E-state index contributed by atoms with van der Waals surface area (Å²) >= 11 is 0. The van der Waals surface area contributed by atoms with Crippen LogP contribution in [-0.4, -0.2) is 36.6 Å². The van der Waals surface area contributed by atoms with Crippen LogP contribution in [0.25, 0.3) is 0 Å². The molecule has 1 heterocycles. The largest absolute Gasteiger partial charge is 0.468 e. The SMILES string of the molecule is C#Cc1cc(N(C)CC(=O)OC)ncn1. The van der Waals surface area contributed by atoms with E-state index in [1.165, 1.54) is 13.4 Å². The lowest BCUT2D eigenvalue weighted by atomic mass is 10.4. The van der Waals surface area contributed by atoms with Gasteiger partial charge in [0.05, 0.1) is 7.11 Å². The van der Waals surface area contributed by atoms with Crippen LogP contribution in [0.15, 0.2) is 12.4 Å². The average Bonchev–Trinajstić information content (AvgIpc) is 2.28. The van der Waals surface area contributed by atoms with Crippen LogP contribution in [0.1, 0.15) is 5.69 Å². The predicted molar refractivity (Wildman–Crippen MR) is 55.3 cm³/mol. The number of aromatic nitrogens is 2. The summed E-state index contributed by atoms with van der Waals surface area (Å²) in [5.41, 5.74) is 0.483. The van der Waals surface area contributed by atoms with Gasteiger partial charge < -0.3 is 9.64 Å². The Balaban J connectivity index is 2.78. The van der Waals surface area contributed by atoms with Gasteiger partial charge in [-0.25, -0.2) is 9.97 Å². The molecule has 0 atom stereocenters. The highest BCUT2D eigenvalue weighted by molar-refractivity contribution is 5.75. The maximum atomic E-state index is 11.0. The van der Waals surface area contributed by atoms with Crippen molar-refractivity contribution < 1.29 is 9.53 Å². The lowest BCUT2D eigenvalue weighted by molar-refractivity contribution is -0.138. The zero-order valence-electron chi connectivity index (χ0n) is 8.60. The van der Waals surface area contributed by atoms with Crippen LogP contribution in [0.2, 0.25) is 0 Å². The summed E-state index contributed by atoms with van der Waals surface area (Å²) in [5, 5.41) is 0. The van der Waals surface area contributed by atoms with Gasteiger partial charge >= 0.3 is 5.97 Å². The molecule has 0 radical (unpaired) electrons. The Labute approximate surface area is 88.1 Å². The number of ether oxygens (including phenoxy) is 1. The van der Waals surface area contributed by atoms with Crippen molar-refractivity contribution in [2.24, 2.45) is 0 Å². The van der Waals surface area contributed by atoms with Crippen molar-refractivity contribution in [2.75, 3.05) is 25.6 Å². The van der Waals surface area contributed by atoms with Crippen molar-refractivity contribution in [2.45, 2.75) is 0 Å². The molecule has 0 aliphatic rings. The maximum absolute atomic E-state index is 11.0. The smallest absolute Gasteiger partial charge is 0.325 e. The third kappa shape index (κ3) is 2.95. The fraction of sp³-hybridized carbons (Fsp3) is 0.300. The van der Waals surface area contributed by atoms with E-state index < -0.39 is 0 Å². The summed E-state index contributed by atoms with van der Waals surface area (Å²) < 4.78 is 4.53. The highest BCUT2D eigenvalue weighted by atomic mass is 16.5. The first-order chi connectivity index (χ1) is 7.17. The van der Waals surface area contributed by atoms with E-state index in [4.69, 9.17) is 6.42 Å². The minimum absolute atomic E-state index is 0.123. The molecule has 0 unspecified atom stereocenters. The van der Waals surface area contributed by atoms with Gasteiger partial charge in [-0.3, -0.25) is 4.79 Å². The van der Waals surface area contributed by atoms with Crippen molar-refractivity contribution in [3.05, 3.63) is 18.1 Å². The van der Waals surface area contributed by atoms with Gasteiger partial charge in [-0.05, 0) is 0 Å². The first kappa shape index (κ1) is 11.0. The summed E-state index contributed by atoms with van der Waals surface area (Å²) in [6, 6.07) is 1.63. The Kier molecular flexibility index (Phi) is 3.63. The summed E-state index contributed by atoms with van der Waals surface area (Å²) in [6.07, 6.45) is 6.56.